The van der Waals surface area contributed by atoms with Crippen molar-refractivity contribution in [3.63, 3.8) is 0 Å². The maximum Gasteiger partial charge on any atom is 0.224 e. The Morgan fingerprint density at radius 2 is 2.25 bits per heavy atom. The average molecular weight is 274 g/mol. The Balaban J connectivity index is 1.85. The molecule has 1 aliphatic rings. The largest absolute Gasteiger partial charge is 0.497 e. The van der Waals surface area contributed by atoms with Crippen molar-refractivity contribution >= 4 is 17.3 Å². The minimum atomic E-state index is 0.0606. The van der Waals surface area contributed by atoms with Crippen molar-refractivity contribution in [2.45, 2.75) is 38.7 Å². The topological polar surface area (TPSA) is 50.4 Å². The Morgan fingerprint density at radius 1 is 1.40 bits per heavy atom. The van der Waals surface area contributed by atoms with Gasteiger partial charge in [0, 0.05) is 17.8 Å². The second kappa shape index (κ2) is 7.58. The van der Waals surface area contributed by atoms with Gasteiger partial charge in [-0.2, -0.15) is 0 Å². The number of benzene rings is 1. The van der Waals surface area contributed by atoms with Gasteiger partial charge >= 0.3 is 0 Å². The minimum absolute atomic E-state index is 0.0606. The van der Waals surface area contributed by atoms with Crippen molar-refractivity contribution in [3.05, 3.63) is 36.6 Å². The molecular weight excluding hydrogens is 252 g/mol. The molecule has 0 saturated carbocycles. The molecule has 0 radical (unpaired) electrons. The van der Waals surface area contributed by atoms with Gasteiger partial charge in [0.2, 0.25) is 5.91 Å². The van der Waals surface area contributed by atoms with Crippen LogP contribution in [0.4, 0.5) is 11.4 Å². The zero-order valence-corrected chi connectivity index (χ0v) is 11.9. The Bertz CT molecular complexity index is 471. The number of carbonyl (C=O) groups excluding carboxylic acids is 1. The first kappa shape index (κ1) is 14.4. The lowest BCUT2D eigenvalue weighted by atomic mass is 10.1. The molecule has 0 bridgehead atoms. The highest BCUT2D eigenvalue weighted by Gasteiger charge is 2.10. The molecule has 1 heterocycles. The van der Waals surface area contributed by atoms with E-state index in [1.807, 2.05) is 37.3 Å². The zero-order chi connectivity index (χ0) is 14.2. The predicted octanol–water partition coefficient (Wildman–Crippen LogP) is 3.53. The van der Waals surface area contributed by atoms with Gasteiger partial charge in [-0.15, -0.1) is 0 Å². The first-order valence-corrected chi connectivity index (χ1v) is 7.22. The molecule has 20 heavy (non-hydrogen) atoms. The lowest BCUT2D eigenvalue weighted by molar-refractivity contribution is -0.116. The summed E-state index contributed by atoms with van der Waals surface area (Å²) in [5.74, 6) is 0.0606. The highest BCUT2D eigenvalue weighted by molar-refractivity contribution is 5.91. The summed E-state index contributed by atoms with van der Waals surface area (Å²) in [5.41, 5.74) is 1.83. The monoisotopic (exact) mass is 274 g/mol. The van der Waals surface area contributed by atoms with Gasteiger partial charge in [-0.05, 0) is 43.5 Å². The van der Waals surface area contributed by atoms with Crippen molar-refractivity contribution < 1.29 is 9.53 Å². The van der Waals surface area contributed by atoms with Gasteiger partial charge in [-0.25, -0.2) is 0 Å². The molecular formula is C16H22N2O2. The van der Waals surface area contributed by atoms with E-state index >= 15 is 0 Å². The van der Waals surface area contributed by atoms with Gasteiger partial charge in [0.1, 0.15) is 6.10 Å². The van der Waals surface area contributed by atoms with Crippen LogP contribution in [0, 0.1) is 0 Å². The molecule has 2 N–H and O–H groups in total. The van der Waals surface area contributed by atoms with Crippen LogP contribution in [0.1, 0.15) is 32.6 Å². The van der Waals surface area contributed by atoms with Gasteiger partial charge in [-0.1, -0.05) is 13.0 Å². The normalized spacial score (nSPS) is 17.4. The van der Waals surface area contributed by atoms with Crippen LogP contribution in [0.15, 0.2) is 36.6 Å². The van der Waals surface area contributed by atoms with Crippen LogP contribution < -0.4 is 10.6 Å². The first-order chi connectivity index (χ1) is 9.78. The summed E-state index contributed by atoms with van der Waals surface area (Å²) in [5, 5.41) is 6.25. The number of amides is 1. The summed E-state index contributed by atoms with van der Waals surface area (Å²) < 4.78 is 5.51. The van der Waals surface area contributed by atoms with E-state index in [2.05, 4.69) is 10.6 Å². The minimum Gasteiger partial charge on any atom is -0.497 e. The fourth-order valence-electron chi connectivity index (χ4n) is 2.12. The van der Waals surface area contributed by atoms with Crippen molar-refractivity contribution in [1.29, 1.82) is 0 Å². The number of hydrogen-bond donors (Lipinski definition) is 2. The van der Waals surface area contributed by atoms with Gasteiger partial charge in [0.25, 0.3) is 0 Å². The fourth-order valence-corrected chi connectivity index (χ4v) is 2.12. The smallest absolute Gasteiger partial charge is 0.224 e. The number of anilines is 2. The van der Waals surface area contributed by atoms with E-state index < -0.39 is 0 Å². The number of carbonyl (C=O) groups is 1. The van der Waals surface area contributed by atoms with E-state index in [1.165, 1.54) is 0 Å². The van der Waals surface area contributed by atoms with E-state index in [0.717, 1.165) is 37.2 Å². The molecule has 1 aromatic carbocycles. The molecule has 4 heteroatoms. The van der Waals surface area contributed by atoms with Gasteiger partial charge in [-0.3, -0.25) is 4.79 Å². The molecule has 0 fully saturated rings. The van der Waals surface area contributed by atoms with E-state index in [0.29, 0.717) is 6.42 Å². The SMILES string of the molecule is CCCC(=O)Nc1cccc(NC[C@H]2CCC=CO2)c1. The third kappa shape index (κ3) is 4.61. The molecule has 1 amide bonds. The van der Waals surface area contributed by atoms with Crippen LogP contribution in [0.2, 0.25) is 0 Å². The van der Waals surface area contributed by atoms with Crippen molar-refractivity contribution in [3.8, 4) is 0 Å². The molecule has 1 aliphatic heterocycles. The highest BCUT2D eigenvalue weighted by atomic mass is 16.5. The molecule has 108 valence electrons. The summed E-state index contributed by atoms with van der Waals surface area (Å²) in [7, 11) is 0. The summed E-state index contributed by atoms with van der Waals surface area (Å²) in [6.07, 6.45) is 7.56. The van der Waals surface area contributed by atoms with Crippen LogP contribution in [-0.2, 0) is 9.53 Å². The molecule has 1 aromatic rings. The maximum atomic E-state index is 11.6. The van der Waals surface area contributed by atoms with Crippen LogP contribution in [-0.4, -0.2) is 18.6 Å². The third-order valence-electron chi connectivity index (χ3n) is 3.18. The maximum absolute atomic E-state index is 11.6. The number of rotatable bonds is 6. The summed E-state index contributed by atoms with van der Waals surface area (Å²) >= 11 is 0. The van der Waals surface area contributed by atoms with Crippen LogP contribution in [0.5, 0.6) is 0 Å². The molecule has 2 rings (SSSR count). The van der Waals surface area contributed by atoms with E-state index in [9.17, 15) is 4.79 Å². The van der Waals surface area contributed by atoms with Gasteiger partial charge in [0.15, 0.2) is 0 Å². The first-order valence-electron chi connectivity index (χ1n) is 7.22. The summed E-state index contributed by atoms with van der Waals surface area (Å²) in [6.45, 7) is 2.77. The Hall–Kier alpha value is -1.97. The van der Waals surface area contributed by atoms with Crippen LogP contribution in [0.3, 0.4) is 0 Å². The van der Waals surface area contributed by atoms with Crippen molar-refractivity contribution in [1.82, 2.24) is 0 Å². The standard InChI is InChI=1S/C16H22N2O2/c1-2-6-16(19)18-14-8-5-7-13(11-14)17-12-15-9-3-4-10-20-15/h4-5,7-8,10-11,15,17H,2-3,6,9,12H2,1H3,(H,18,19)/t15-/m1/s1. The molecule has 0 aromatic heterocycles. The number of hydrogen-bond acceptors (Lipinski definition) is 3. The number of nitrogens with one attached hydrogen (secondary N) is 2. The quantitative estimate of drug-likeness (QED) is 0.834. The molecule has 0 saturated heterocycles. The average Bonchev–Trinajstić information content (AvgIpc) is 2.47. The molecule has 0 unspecified atom stereocenters. The highest BCUT2D eigenvalue weighted by Crippen LogP contribution is 2.17. The molecule has 1 atom stereocenters. The van der Waals surface area contributed by atoms with Gasteiger partial charge < -0.3 is 15.4 Å². The Labute approximate surface area is 120 Å². The van der Waals surface area contributed by atoms with Crippen LogP contribution in [0.25, 0.3) is 0 Å². The van der Waals surface area contributed by atoms with Gasteiger partial charge in [0.05, 0.1) is 12.8 Å². The molecule has 0 spiro atoms. The predicted molar refractivity (Wildman–Crippen MR) is 81.7 cm³/mol. The summed E-state index contributed by atoms with van der Waals surface area (Å²) in [4.78, 5) is 11.6. The van der Waals surface area contributed by atoms with E-state index in [-0.39, 0.29) is 12.0 Å². The lowest BCUT2D eigenvalue weighted by Gasteiger charge is -2.20. The van der Waals surface area contributed by atoms with Crippen LogP contribution >= 0.6 is 0 Å². The fraction of sp³-hybridized carbons (Fsp3) is 0.438. The summed E-state index contributed by atoms with van der Waals surface area (Å²) in [6, 6.07) is 7.78. The van der Waals surface area contributed by atoms with Crippen molar-refractivity contribution in [2.75, 3.05) is 17.2 Å². The molecule has 4 nitrogen and oxygen atoms in total. The Morgan fingerprint density at radius 3 is 3.00 bits per heavy atom. The third-order valence-corrected chi connectivity index (χ3v) is 3.18. The zero-order valence-electron chi connectivity index (χ0n) is 11.9. The molecule has 0 aliphatic carbocycles. The number of ether oxygens (including phenoxy) is 1. The van der Waals surface area contributed by atoms with E-state index in [4.69, 9.17) is 4.74 Å². The Kier molecular flexibility index (Phi) is 5.47. The number of allylic oxidation sites excluding steroid dienone is 1. The second-order valence-corrected chi connectivity index (χ2v) is 4.97. The second-order valence-electron chi connectivity index (χ2n) is 4.97. The lowest BCUT2D eigenvalue weighted by Crippen LogP contribution is -2.23. The van der Waals surface area contributed by atoms with Crippen molar-refractivity contribution in [2.24, 2.45) is 0 Å². The van der Waals surface area contributed by atoms with E-state index in [1.54, 1.807) is 6.26 Å².